The van der Waals surface area contributed by atoms with Crippen LogP contribution in [-0.2, 0) is 9.59 Å². The summed E-state index contributed by atoms with van der Waals surface area (Å²) in [5.41, 5.74) is 0.665. The van der Waals surface area contributed by atoms with Crippen molar-refractivity contribution in [1.29, 1.82) is 0 Å². The van der Waals surface area contributed by atoms with Gasteiger partial charge in [-0.2, -0.15) is 0 Å². The van der Waals surface area contributed by atoms with Crippen molar-refractivity contribution in [2.45, 2.75) is 65.0 Å². The van der Waals surface area contributed by atoms with Gasteiger partial charge in [0.15, 0.2) is 0 Å². The largest absolute Gasteiger partial charge is 0.352 e. The van der Waals surface area contributed by atoms with E-state index < -0.39 is 6.04 Å². The lowest BCUT2D eigenvalue weighted by Gasteiger charge is -2.17. The zero-order valence-electron chi connectivity index (χ0n) is 11.6. The minimum atomic E-state index is -0.474. The van der Waals surface area contributed by atoms with Crippen LogP contribution in [0.3, 0.4) is 0 Å². The zero-order chi connectivity index (χ0) is 13.5. The number of carbonyl (C=O) groups is 2. The van der Waals surface area contributed by atoms with Crippen molar-refractivity contribution in [2.24, 2.45) is 0 Å². The van der Waals surface area contributed by atoms with Crippen LogP contribution in [0.5, 0.6) is 0 Å². The summed E-state index contributed by atoms with van der Waals surface area (Å²) in [5, 5.41) is 5.70. The van der Waals surface area contributed by atoms with E-state index in [1.165, 1.54) is 12.8 Å². The van der Waals surface area contributed by atoms with Crippen LogP contribution in [0, 0.1) is 0 Å². The lowest BCUT2D eigenvalue weighted by atomic mass is 10.2. The van der Waals surface area contributed by atoms with Crippen molar-refractivity contribution in [3.8, 4) is 0 Å². The molecule has 0 aromatic carbocycles. The average Bonchev–Trinajstić information content (AvgIpc) is 2.81. The van der Waals surface area contributed by atoms with Crippen molar-refractivity contribution >= 4 is 11.8 Å². The fraction of sp³-hybridized carbons (Fsp3) is 0.714. The van der Waals surface area contributed by atoms with Crippen LogP contribution in [0.2, 0.25) is 0 Å². The van der Waals surface area contributed by atoms with Gasteiger partial charge in [-0.3, -0.25) is 9.59 Å². The third-order valence-corrected chi connectivity index (χ3v) is 3.31. The molecule has 102 valence electrons. The van der Waals surface area contributed by atoms with Crippen molar-refractivity contribution in [3.63, 3.8) is 0 Å². The maximum Gasteiger partial charge on any atom is 0.247 e. The molecule has 0 heterocycles. The van der Waals surface area contributed by atoms with E-state index in [0.717, 1.165) is 19.3 Å². The molecule has 2 amide bonds. The Labute approximate surface area is 109 Å². The standard InChI is InChI=1S/C14H24N2O2/c1-4-7-10(2)13(17)15-11(3)14(18)16-12-8-5-6-9-12/h7,11-12H,4-6,8-9H2,1-3H3,(H,15,17)(H,16,18)/b10-7+/t11-/m1/s1. The van der Waals surface area contributed by atoms with Crippen LogP contribution < -0.4 is 10.6 Å². The molecule has 0 spiro atoms. The summed E-state index contributed by atoms with van der Waals surface area (Å²) in [6.45, 7) is 5.47. The Morgan fingerprint density at radius 3 is 2.50 bits per heavy atom. The van der Waals surface area contributed by atoms with Gasteiger partial charge in [-0.1, -0.05) is 25.8 Å². The summed E-state index contributed by atoms with van der Waals surface area (Å²) in [7, 11) is 0. The first-order valence-corrected chi connectivity index (χ1v) is 6.82. The molecule has 1 aliphatic rings. The minimum Gasteiger partial charge on any atom is -0.352 e. The van der Waals surface area contributed by atoms with Crippen LogP contribution in [0.25, 0.3) is 0 Å². The van der Waals surface area contributed by atoms with Crippen LogP contribution >= 0.6 is 0 Å². The van der Waals surface area contributed by atoms with E-state index >= 15 is 0 Å². The Bertz CT molecular complexity index is 331. The third-order valence-electron chi connectivity index (χ3n) is 3.31. The highest BCUT2D eigenvalue weighted by atomic mass is 16.2. The molecule has 0 radical (unpaired) electrons. The Morgan fingerprint density at radius 2 is 1.94 bits per heavy atom. The first kappa shape index (κ1) is 14.7. The van der Waals surface area contributed by atoms with Gasteiger partial charge in [0, 0.05) is 11.6 Å². The van der Waals surface area contributed by atoms with Crippen molar-refractivity contribution in [2.75, 3.05) is 0 Å². The second-order valence-corrected chi connectivity index (χ2v) is 4.98. The second-order valence-electron chi connectivity index (χ2n) is 4.98. The Morgan fingerprint density at radius 1 is 1.33 bits per heavy atom. The Balaban J connectivity index is 2.39. The maximum atomic E-state index is 11.9. The molecule has 0 bridgehead atoms. The molecule has 0 unspecified atom stereocenters. The number of carbonyl (C=O) groups excluding carboxylic acids is 2. The first-order chi connectivity index (χ1) is 8.54. The van der Waals surface area contributed by atoms with Crippen LogP contribution in [0.15, 0.2) is 11.6 Å². The van der Waals surface area contributed by atoms with E-state index in [1.54, 1.807) is 13.8 Å². The average molecular weight is 252 g/mol. The molecule has 1 aliphatic carbocycles. The molecule has 1 atom stereocenters. The summed E-state index contributed by atoms with van der Waals surface area (Å²) in [6, 6.07) is -0.178. The maximum absolute atomic E-state index is 11.9. The van der Waals surface area contributed by atoms with E-state index in [2.05, 4.69) is 10.6 Å². The molecule has 4 heteroatoms. The number of rotatable bonds is 5. The molecular weight excluding hydrogens is 228 g/mol. The summed E-state index contributed by atoms with van der Waals surface area (Å²) < 4.78 is 0. The van der Waals surface area contributed by atoms with E-state index in [0.29, 0.717) is 11.6 Å². The quantitative estimate of drug-likeness (QED) is 0.734. The zero-order valence-corrected chi connectivity index (χ0v) is 11.6. The van der Waals surface area contributed by atoms with Gasteiger partial charge in [0.25, 0.3) is 0 Å². The fourth-order valence-corrected chi connectivity index (χ4v) is 2.17. The van der Waals surface area contributed by atoms with Gasteiger partial charge in [0.05, 0.1) is 0 Å². The fourth-order valence-electron chi connectivity index (χ4n) is 2.17. The normalized spacial score (nSPS) is 18.5. The Hall–Kier alpha value is -1.32. The van der Waals surface area contributed by atoms with Gasteiger partial charge in [-0.25, -0.2) is 0 Å². The first-order valence-electron chi connectivity index (χ1n) is 6.82. The molecule has 18 heavy (non-hydrogen) atoms. The Kier molecular flexibility index (Phi) is 5.89. The summed E-state index contributed by atoms with van der Waals surface area (Å²) in [6.07, 6.45) is 7.16. The van der Waals surface area contributed by atoms with Gasteiger partial charge in [-0.15, -0.1) is 0 Å². The van der Waals surface area contributed by atoms with E-state index in [9.17, 15) is 9.59 Å². The highest BCUT2D eigenvalue weighted by molar-refractivity contribution is 5.96. The number of hydrogen-bond donors (Lipinski definition) is 2. The van der Waals surface area contributed by atoms with E-state index in [4.69, 9.17) is 0 Å². The van der Waals surface area contributed by atoms with Crippen LogP contribution in [0.4, 0.5) is 0 Å². The molecule has 0 aromatic rings. The van der Waals surface area contributed by atoms with Gasteiger partial charge < -0.3 is 10.6 Å². The summed E-state index contributed by atoms with van der Waals surface area (Å²) >= 11 is 0. The minimum absolute atomic E-state index is 0.0838. The molecule has 2 N–H and O–H groups in total. The van der Waals surface area contributed by atoms with E-state index in [1.807, 2.05) is 13.0 Å². The van der Waals surface area contributed by atoms with Gasteiger partial charge in [0.2, 0.25) is 11.8 Å². The molecule has 1 saturated carbocycles. The molecule has 0 saturated heterocycles. The lowest BCUT2D eigenvalue weighted by Crippen LogP contribution is -2.47. The van der Waals surface area contributed by atoms with Crippen LogP contribution in [-0.4, -0.2) is 23.9 Å². The van der Waals surface area contributed by atoms with Gasteiger partial charge in [-0.05, 0) is 33.1 Å². The lowest BCUT2D eigenvalue weighted by molar-refractivity contribution is -0.127. The second kappa shape index (κ2) is 7.19. The van der Waals surface area contributed by atoms with E-state index in [-0.39, 0.29) is 11.8 Å². The highest BCUT2D eigenvalue weighted by Gasteiger charge is 2.21. The predicted octanol–water partition coefficient (Wildman–Crippen LogP) is 1.91. The molecule has 1 fully saturated rings. The predicted molar refractivity (Wildman–Crippen MR) is 72.1 cm³/mol. The van der Waals surface area contributed by atoms with Crippen molar-refractivity contribution in [3.05, 3.63) is 11.6 Å². The van der Waals surface area contributed by atoms with Crippen molar-refractivity contribution in [1.82, 2.24) is 10.6 Å². The van der Waals surface area contributed by atoms with Gasteiger partial charge >= 0.3 is 0 Å². The summed E-state index contributed by atoms with van der Waals surface area (Å²) in [5.74, 6) is -0.245. The monoisotopic (exact) mass is 252 g/mol. The number of nitrogens with one attached hydrogen (secondary N) is 2. The topological polar surface area (TPSA) is 58.2 Å². The number of amides is 2. The smallest absolute Gasteiger partial charge is 0.247 e. The highest BCUT2D eigenvalue weighted by Crippen LogP contribution is 2.17. The SMILES string of the molecule is CC/C=C(\C)C(=O)N[C@H](C)C(=O)NC1CCCC1. The molecule has 4 nitrogen and oxygen atoms in total. The van der Waals surface area contributed by atoms with Gasteiger partial charge in [0.1, 0.15) is 6.04 Å². The number of hydrogen-bond acceptors (Lipinski definition) is 2. The molecule has 1 rings (SSSR count). The summed E-state index contributed by atoms with van der Waals surface area (Å²) in [4.78, 5) is 23.6. The van der Waals surface area contributed by atoms with Crippen molar-refractivity contribution < 1.29 is 9.59 Å². The van der Waals surface area contributed by atoms with Crippen LogP contribution in [0.1, 0.15) is 52.9 Å². The molecule has 0 aliphatic heterocycles. The molecular formula is C14H24N2O2. The third kappa shape index (κ3) is 4.51. The molecule has 0 aromatic heterocycles. The number of allylic oxidation sites excluding steroid dienone is 1.